The summed E-state index contributed by atoms with van der Waals surface area (Å²) in [5.41, 5.74) is -0.431. The fourth-order valence-corrected chi connectivity index (χ4v) is 1.47. The maximum atomic E-state index is 11.9. The number of ether oxygens (including phenoxy) is 1. The largest absolute Gasteiger partial charge is 0.443 e. The standard InChI is InChI=1S/C12H23NO2/c1-8(2)12(6,7)15-10(14)13-9(3)11(13,4)5/h8-9H,1-7H3. The van der Waals surface area contributed by atoms with Crippen molar-refractivity contribution in [2.75, 3.05) is 0 Å². The molecule has 0 bridgehead atoms. The van der Waals surface area contributed by atoms with Crippen molar-refractivity contribution in [3.8, 4) is 0 Å². The fraction of sp³-hybridized carbons (Fsp3) is 0.917. The van der Waals surface area contributed by atoms with Crippen molar-refractivity contribution in [3.05, 3.63) is 0 Å². The fourth-order valence-electron chi connectivity index (χ4n) is 1.47. The molecule has 0 aromatic heterocycles. The van der Waals surface area contributed by atoms with E-state index in [9.17, 15) is 4.79 Å². The van der Waals surface area contributed by atoms with Crippen LogP contribution < -0.4 is 0 Å². The number of carbonyl (C=O) groups excluding carboxylic acids is 1. The van der Waals surface area contributed by atoms with Gasteiger partial charge < -0.3 is 4.74 Å². The average molecular weight is 213 g/mol. The molecule has 1 rings (SSSR count). The first-order valence-electron chi connectivity index (χ1n) is 5.63. The lowest BCUT2D eigenvalue weighted by molar-refractivity contribution is -0.00573. The van der Waals surface area contributed by atoms with Gasteiger partial charge >= 0.3 is 6.09 Å². The summed E-state index contributed by atoms with van der Waals surface area (Å²) in [7, 11) is 0. The second kappa shape index (κ2) is 3.39. The van der Waals surface area contributed by atoms with Crippen molar-refractivity contribution in [1.82, 2.24) is 4.90 Å². The Morgan fingerprint density at radius 3 is 2.07 bits per heavy atom. The van der Waals surface area contributed by atoms with Gasteiger partial charge in [0.15, 0.2) is 0 Å². The van der Waals surface area contributed by atoms with Gasteiger partial charge in [-0.1, -0.05) is 13.8 Å². The Bertz CT molecular complexity index is 269. The first-order valence-corrected chi connectivity index (χ1v) is 5.63. The van der Waals surface area contributed by atoms with Crippen LogP contribution in [0.3, 0.4) is 0 Å². The van der Waals surface area contributed by atoms with E-state index < -0.39 is 5.60 Å². The predicted octanol–water partition coefficient (Wildman–Crippen LogP) is 3.04. The molecule has 1 saturated heterocycles. The van der Waals surface area contributed by atoms with E-state index in [-0.39, 0.29) is 17.7 Å². The molecule has 1 unspecified atom stereocenters. The molecule has 1 heterocycles. The molecule has 15 heavy (non-hydrogen) atoms. The first-order chi connectivity index (χ1) is 6.60. The maximum Gasteiger partial charge on any atom is 0.411 e. The average Bonchev–Trinajstić information content (AvgIpc) is 2.49. The molecule has 0 radical (unpaired) electrons. The molecule has 1 atom stereocenters. The molecular weight excluding hydrogens is 190 g/mol. The molecule has 88 valence electrons. The highest BCUT2D eigenvalue weighted by Crippen LogP contribution is 2.41. The summed E-state index contributed by atoms with van der Waals surface area (Å²) < 4.78 is 5.52. The van der Waals surface area contributed by atoms with Crippen LogP contribution in [0, 0.1) is 5.92 Å². The number of amides is 1. The highest BCUT2D eigenvalue weighted by molar-refractivity contribution is 5.73. The molecule has 0 N–H and O–H groups in total. The number of hydrogen-bond acceptors (Lipinski definition) is 2. The number of carbonyl (C=O) groups is 1. The van der Waals surface area contributed by atoms with E-state index in [1.807, 2.05) is 20.8 Å². The van der Waals surface area contributed by atoms with E-state index >= 15 is 0 Å². The molecule has 1 amide bonds. The van der Waals surface area contributed by atoms with Gasteiger partial charge in [-0.25, -0.2) is 4.79 Å². The van der Waals surface area contributed by atoms with Gasteiger partial charge in [0.25, 0.3) is 0 Å². The Kier molecular flexibility index (Phi) is 2.79. The topological polar surface area (TPSA) is 29.3 Å². The molecule has 1 aliphatic rings. The quantitative estimate of drug-likeness (QED) is 0.660. The van der Waals surface area contributed by atoms with Gasteiger partial charge in [0.2, 0.25) is 0 Å². The third kappa shape index (κ3) is 2.11. The van der Waals surface area contributed by atoms with Crippen molar-refractivity contribution in [2.45, 2.75) is 65.6 Å². The zero-order valence-electron chi connectivity index (χ0n) is 10.9. The SMILES string of the molecule is CC(C)C(C)(C)OC(=O)N1C(C)C1(C)C. The molecule has 3 nitrogen and oxygen atoms in total. The summed E-state index contributed by atoms with van der Waals surface area (Å²) in [6.07, 6.45) is -0.189. The molecule has 1 aliphatic heterocycles. The monoisotopic (exact) mass is 213 g/mol. The normalized spacial score (nSPS) is 24.3. The molecule has 0 saturated carbocycles. The van der Waals surface area contributed by atoms with Crippen molar-refractivity contribution >= 4 is 6.09 Å². The zero-order chi connectivity index (χ0) is 12.0. The summed E-state index contributed by atoms with van der Waals surface area (Å²) in [4.78, 5) is 13.6. The number of hydrogen-bond donors (Lipinski definition) is 0. The van der Waals surface area contributed by atoms with Crippen LogP contribution in [0.1, 0.15) is 48.5 Å². The number of rotatable bonds is 2. The Hall–Kier alpha value is -0.730. The minimum Gasteiger partial charge on any atom is -0.443 e. The van der Waals surface area contributed by atoms with Gasteiger partial charge in [0.1, 0.15) is 5.60 Å². The van der Waals surface area contributed by atoms with E-state index in [0.717, 1.165) is 0 Å². The Labute approximate surface area is 92.8 Å². The van der Waals surface area contributed by atoms with E-state index in [1.165, 1.54) is 0 Å². The van der Waals surface area contributed by atoms with E-state index in [4.69, 9.17) is 4.74 Å². The third-order valence-electron chi connectivity index (χ3n) is 3.90. The Balaban J connectivity index is 2.59. The van der Waals surface area contributed by atoms with Crippen LogP contribution in [-0.2, 0) is 4.74 Å². The second-order valence-corrected chi connectivity index (χ2v) is 5.83. The molecule has 0 aromatic carbocycles. The first kappa shape index (κ1) is 12.3. The van der Waals surface area contributed by atoms with Crippen LogP contribution in [0.5, 0.6) is 0 Å². The summed E-state index contributed by atoms with van der Waals surface area (Å²) in [6, 6.07) is 0.285. The van der Waals surface area contributed by atoms with Gasteiger partial charge in [-0.3, -0.25) is 4.90 Å². The van der Waals surface area contributed by atoms with Crippen molar-refractivity contribution < 1.29 is 9.53 Å². The maximum absolute atomic E-state index is 11.9. The van der Waals surface area contributed by atoms with Gasteiger partial charge in [0.05, 0.1) is 11.6 Å². The van der Waals surface area contributed by atoms with Gasteiger partial charge in [-0.2, -0.15) is 0 Å². The van der Waals surface area contributed by atoms with Gasteiger partial charge in [-0.15, -0.1) is 0 Å². The minimum absolute atomic E-state index is 0.0376. The van der Waals surface area contributed by atoms with Crippen LogP contribution in [0.4, 0.5) is 4.79 Å². The van der Waals surface area contributed by atoms with Crippen molar-refractivity contribution in [2.24, 2.45) is 5.92 Å². The summed E-state index contributed by atoms with van der Waals surface area (Å²) in [5, 5.41) is 0. The predicted molar refractivity (Wildman–Crippen MR) is 60.8 cm³/mol. The zero-order valence-corrected chi connectivity index (χ0v) is 10.9. The Morgan fingerprint density at radius 2 is 1.80 bits per heavy atom. The Morgan fingerprint density at radius 1 is 1.40 bits per heavy atom. The van der Waals surface area contributed by atoms with Crippen LogP contribution in [0.15, 0.2) is 0 Å². The highest BCUT2D eigenvalue weighted by atomic mass is 16.6. The van der Waals surface area contributed by atoms with Crippen LogP contribution in [0.2, 0.25) is 0 Å². The molecule has 0 aromatic rings. The number of nitrogens with zero attached hydrogens (tertiary/aromatic N) is 1. The lowest BCUT2D eigenvalue weighted by Crippen LogP contribution is -2.36. The lowest BCUT2D eigenvalue weighted by atomic mass is 9.95. The minimum atomic E-state index is -0.393. The van der Waals surface area contributed by atoms with Gasteiger partial charge in [-0.05, 0) is 40.5 Å². The van der Waals surface area contributed by atoms with Crippen molar-refractivity contribution in [1.29, 1.82) is 0 Å². The second-order valence-electron chi connectivity index (χ2n) is 5.83. The molecular formula is C12H23NO2. The van der Waals surface area contributed by atoms with E-state index in [0.29, 0.717) is 5.92 Å². The highest BCUT2D eigenvalue weighted by Gasteiger charge is 2.57. The van der Waals surface area contributed by atoms with E-state index in [1.54, 1.807) is 4.90 Å². The van der Waals surface area contributed by atoms with Crippen LogP contribution in [-0.4, -0.2) is 28.2 Å². The van der Waals surface area contributed by atoms with Crippen molar-refractivity contribution in [3.63, 3.8) is 0 Å². The molecule has 0 spiro atoms. The smallest absolute Gasteiger partial charge is 0.411 e. The van der Waals surface area contributed by atoms with Gasteiger partial charge in [0, 0.05) is 0 Å². The molecule has 3 heteroatoms. The summed E-state index contributed by atoms with van der Waals surface area (Å²) >= 11 is 0. The van der Waals surface area contributed by atoms with Crippen LogP contribution in [0.25, 0.3) is 0 Å². The van der Waals surface area contributed by atoms with Crippen LogP contribution >= 0.6 is 0 Å². The molecule has 1 fully saturated rings. The summed E-state index contributed by atoms with van der Waals surface area (Å²) in [5.74, 6) is 0.319. The summed E-state index contributed by atoms with van der Waals surface area (Å²) in [6.45, 7) is 14.2. The molecule has 0 aliphatic carbocycles. The lowest BCUT2D eigenvalue weighted by Gasteiger charge is -2.29. The van der Waals surface area contributed by atoms with E-state index in [2.05, 4.69) is 27.7 Å². The third-order valence-corrected chi connectivity index (χ3v) is 3.90.